The molecule has 1 unspecified atom stereocenters. The van der Waals surface area contributed by atoms with E-state index in [-0.39, 0.29) is 17.7 Å². The minimum atomic E-state index is -1.88. The highest BCUT2D eigenvalue weighted by molar-refractivity contribution is 9.10. The smallest absolute Gasteiger partial charge is 0.323 e. The summed E-state index contributed by atoms with van der Waals surface area (Å²) < 4.78 is 4.96. The molecule has 0 saturated carbocycles. The standard InChI is InChI=1S/C12H12BrNO6/c1-12(10(15)16,11(17)20-2)6-7-3-4-8(13)5-9(7)14(18)19/h3-5H,6H2,1-2H3,(H,15,16). The van der Waals surface area contributed by atoms with Crippen molar-refractivity contribution in [1.82, 2.24) is 0 Å². The fourth-order valence-electron chi connectivity index (χ4n) is 1.70. The van der Waals surface area contributed by atoms with Crippen molar-refractivity contribution < 1.29 is 24.4 Å². The van der Waals surface area contributed by atoms with Crippen LogP contribution < -0.4 is 0 Å². The van der Waals surface area contributed by atoms with Gasteiger partial charge in [0.05, 0.1) is 12.0 Å². The lowest BCUT2D eigenvalue weighted by molar-refractivity contribution is -0.385. The molecule has 0 aliphatic heterocycles. The van der Waals surface area contributed by atoms with Crippen molar-refractivity contribution in [3.05, 3.63) is 38.3 Å². The summed E-state index contributed by atoms with van der Waals surface area (Å²) >= 11 is 3.10. The number of methoxy groups -OCH3 is 1. The number of carboxylic acid groups (broad SMARTS) is 1. The van der Waals surface area contributed by atoms with E-state index in [2.05, 4.69) is 20.7 Å². The number of carbonyl (C=O) groups is 2. The molecular weight excluding hydrogens is 334 g/mol. The van der Waals surface area contributed by atoms with Crippen molar-refractivity contribution in [1.29, 1.82) is 0 Å². The normalized spacial score (nSPS) is 13.3. The Kier molecular flexibility index (Phi) is 4.83. The molecule has 0 spiro atoms. The minimum absolute atomic E-state index is 0.147. The molecule has 0 aliphatic carbocycles. The quantitative estimate of drug-likeness (QED) is 0.379. The van der Waals surface area contributed by atoms with Gasteiger partial charge in [-0.3, -0.25) is 19.7 Å². The van der Waals surface area contributed by atoms with Crippen LogP contribution in [0.1, 0.15) is 12.5 Å². The van der Waals surface area contributed by atoms with Crippen LogP contribution in [0.25, 0.3) is 0 Å². The van der Waals surface area contributed by atoms with Crippen molar-refractivity contribution in [3.63, 3.8) is 0 Å². The summed E-state index contributed by atoms with van der Waals surface area (Å²) in [5.74, 6) is -2.36. The SMILES string of the molecule is COC(=O)C(C)(Cc1ccc(Br)cc1[N+](=O)[O-])C(=O)O. The van der Waals surface area contributed by atoms with Gasteiger partial charge in [0.25, 0.3) is 5.69 Å². The number of carbonyl (C=O) groups excluding carboxylic acids is 1. The van der Waals surface area contributed by atoms with E-state index in [4.69, 9.17) is 0 Å². The summed E-state index contributed by atoms with van der Waals surface area (Å²) in [5.41, 5.74) is -1.99. The fourth-order valence-corrected chi connectivity index (χ4v) is 2.05. The van der Waals surface area contributed by atoms with Gasteiger partial charge in [-0.25, -0.2) is 0 Å². The van der Waals surface area contributed by atoms with Crippen LogP contribution in [0.3, 0.4) is 0 Å². The lowest BCUT2D eigenvalue weighted by Crippen LogP contribution is -2.39. The van der Waals surface area contributed by atoms with Gasteiger partial charge in [0.2, 0.25) is 0 Å². The topological polar surface area (TPSA) is 107 Å². The maximum absolute atomic E-state index is 11.6. The van der Waals surface area contributed by atoms with Crippen molar-refractivity contribution in [2.75, 3.05) is 7.11 Å². The average Bonchev–Trinajstić information content (AvgIpc) is 2.39. The van der Waals surface area contributed by atoms with Gasteiger partial charge >= 0.3 is 11.9 Å². The summed E-state index contributed by atoms with van der Waals surface area (Å²) in [5, 5.41) is 20.2. The van der Waals surface area contributed by atoms with Crippen LogP contribution >= 0.6 is 15.9 Å². The molecule has 0 saturated heterocycles. The zero-order valence-electron chi connectivity index (χ0n) is 10.8. The number of ether oxygens (including phenoxy) is 1. The zero-order chi connectivity index (χ0) is 15.5. The fraction of sp³-hybridized carbons (Fsp3) is 0.333. The molecule has 1 N–H and O–H groups in total. The van der Waals surface area contributed by atoms with Gasteiger partial charge in [-0.1, -0.05) is 22.0 Å². The maximum Gasteiger partial charge on any atom is 0.323 e. The Hall–Kier alpha value is -1.96. The molecule has 0 amide bonds. The molecule has 1 aromatic rings. The number of esters is 1. The van der Waals surface area contributed by atoms with Crippen molar-refractivity contribution in [2.45, 2.75) is 13.3 Å². The monoisotopic (exact) mass is 345 g/mol. The summed E-state index contributed by atoms with van der Waals surface area (Å²) in [6, 6.07) is 4.21. The third kappa shape index (κ3) is 3.13. The number of nitro groups is 1. The molecule has 0 bridgehead atoms. The minimum Gasteiger partial charge on any atom is -0.480 e. The summed E-state index contributed by atoms with van der Waals surface area (Å²) in [6.07, 6.45) is -0.335. The number of hydrogen-bond donors (Lipinski definition) is 1. The van der Waals surface area contributed by atoms with E-state index in [0.717, 1.165) is 7.11 Å². The van der Waals surface area contributed by atoms with Crippen LogP contribution in [-0.4, -0.2) is 29.1 Å². The van der Waals surface area contributed by atoms with Crippen LogP contribution in [0, 0.1) is 15.5 Å². The van der Waals surface area contributed by atoms with Crippen LogP contribution in [0.4, 0.5) is 5.69 Å². The number of nitrogens with zero attached hydrogens (tertiary/aromatic N) is 1. The van der Waals surface area contributed by atoms with E-state index < -0.39 is 22.3 Å². The van der Waals surface area contributed by atoms with E-state index >= 15 is 0 Å². The number of aliphatic carboxylic acids is 1. The molecule has 0 heterocycles. The second-order valence-electron chi connectivity index (χ2n) is 4.34. The largest absolute Gasteiger partial charge is 0.480 e. The highest BCUT2D eigenvalue weighted by atomic mass is 79.9. The first-order valence-corrected chi connectivity index (χ1v) is 6.26. The third-order valence-electron chi connectivity index (χ3n) is 2.90. The first-order chi connectivity index (χ1) is 9.22. The van der Waals surface area contributed by atoms with Crippen LogP contribution in [-0.2, 0) is 20.7 Å². The first-order valence-electron chi connectivity index (χ1n) is 5.47. The molecule has 0 radical (unpaired) electrons. The molecule has 1 rings (SSSR count). The second-order valence-corrected chi connectivity index (χ2v) is 5.25. The molecule has 1 aromatic carbocycles. The molecule has 0 aromatic heterocycles. The summed E-state index contributed by atoms with van der Waals surface area (Å²) in [6.45, 7) is 1.17. The predicted octanol–water partition coefficient (Wildman–Crippen LogP) is 2.16. The third-order valence-corrected chi connectivity index (χ3v) is 3.39. The second kappa shape index (κ2) is 6.00. The molecule has 8 heteroatoms. The Morgan fingerprint density at radius 1 is 1.50 bits per heavy atom. The molecule has 0 fully saturated rings. The van der Waals surface area contributed by atoms with Crippen molar-refractivity contribution in [3.8, 4) is 0 Å². The summed E-state index contributed by atoms with van der Waals surface area (Å²) in [4.78, 5) is 33.3. The molecule has 20 heavy (non-hydrogen) atoms. The lowest BCUT2D eigenvalue weighted by Gasteiger charge is -2.21. The van der Waals surface area contributed by atoms with Crippen LogP contribution in [0.2, 0.25) is 0 Å². The van der Waals surface area contributed by atoms with E-state index in [9.17, 15) is 24.8 Å². The van der Waals surface area contributed by atoms with Crippen molar-refractivity contribution in [2.24, 2.45) is 5.41 Å². The van der Waals surface area contributed by atoms with Gasteiger partial charge in [0.1, 0.15) is 0 Å². The number of rotatable bonds is 5. The Morgan fingerprint density at radius 2 is 2.10 bits per heavy atom. The zero-order valence-corrected chi connectivity index (χ0v) is 12.3. The van der Waals surface area contributed by atoms with Gasteiger partial charge in [0.15, 0.2) is 5.41 Å². The number of benzene rings is 1. The Bertz CT molecular complexity index is 573. The van der Waals surface area contributed by atoms with E-state index in [0.29, 0.717) is 4.47 Å². The molecular formula is C12H12BrNO6. The first kappa shape index (κ1) is 16.1. The number of nitro benzene ring substituents is 1. The van der Waals surface area contributed by atoms with Crippen LogP contribution in [0.15, 0.2) is 22.7 Å². The van der Waals surface area contributed by atoms with Gasteiger partial charge in [-0.15, -0.1) is 0 Å². The molecule has 7 nitrogen and oxygen atoms in total. The van der Waals surface area contributed by atoms with E-state index in [1.807, 2.05) is 0 Å². The molecule has 0 aliphatic rings. The van der Waals surface area contributed by atoms with Gasteiger partial charge in [-0.2, -0.15) is 0 Å². The number of halogens is 1. The predicted molar refractivity (Wildman–Crippen MR) is 72.3 cm³/mol. The number of hydrogen-bond acceptors (Lipinski definition) is 5. The van der Waals surface area contributed by atoms with E-state index in [1.165, 1.54) is 19.1 Å². The van der Waals surface area contributed by atoms with E-state index in [1.54, 1.807) is 6.07 Å². The van der Waals surface area contributed by atoms with Gasteiger partial charge in [-0.05, 0) is 13.0 Å². The Labute approximate surface area is 122 Å². The highest BCUT2D eigenvalue weighted by Crippen LogP contribution is 2.31. The lowest BCUT2D eigenvalue weighted by atomic mass is 9.83. The summed E-state index contributed by atoms with van der Waals surface area (Å²) in [7, 11) is 1.07. The van der Waals surface area contributed by atoms with Gasteiger partial charge in [0, 0.05) is 22.5 Å². The van der Waals surface area contributed by atoms with Crippen LogP contribution in [0.5, 0.6) is 0 Å². The van der Waals surface area contributed by atoms with Gasteiger partial charge < -0.3 is 9.84 Å². The average molecular weight is 346 g/mol. The van der Waals surface area contributed by atoms with Crippen molar-refractivity contribution >= 4 is 33.6 Å². The maximum atomic E-state index is 11.6. The Morgan fingerprint density at radius 3 is 2.55 bits per heavy atom. The Balaban J connectivity index is 3.29. The molecule has 1 atom stereocenters. The number of carboxylic acids is 1. The molecule has 108 valence electrons. The highest BCUT2D eigenvalue weighted by Gasteiger charge is 2.44.